The summed E-state index contributed by atoms with van der Waals surface area (Å²) in [6, 6.07) is 6.65. The van der Waals surface area contributed by atoms with E-state index in [1.807, 2.05) is 6.07 Å². The molecular weight excluding hydrogens is 226 g/mol. The number of rotatable bonds is 1. The maximum Gasteiger partial charge on any atom is 0.384 e. The maximum absolute atomic E-state index is 11.0. The van der Waals surface area contributed by atoms with E-state index in [-0.39, 0.29) is 6.61 Å². The van der Waals surface area contributed by atoms with Gasteiger partial charge >= 0.3 is 5.97 Å². The van der Waals surface area contributed by atoms with Crippen molar-refractivity contribution in [2.24, 2.45) is 0 Å². The first-order chi connectivity index (χ1) is 7.67. The highest BCUT2D eigenvalue weighted by atomic mass is 35.5. The Labute approximate surface area is 98.6 Å². The summed E-state index contributed by atoms with van der Waals surface area (Å²) in [6.45, 7) is 1.99. The lowest BCUT2D eigenvalue weighted by molar-refractivity contribution is -0.136. The molecule has 1 rings (SSSR count). The van der Waals surface area contributed by atoms with Gasteiger partial charge in [0.05, 0.1) is 17.2 Å². The predicted octanol–water partition coefficient (Wildman–Crippen LogP) is 2.13. The topological polar surface area (TPSA) is 50.1 Å². The average molecular weight is 234 g/mol. The summed E-state index contributed by atoms with van der Waals surface area (Å²) in [6.07, 6.45) is 0. The third kappa shape index (κ3) is 3.31. The summed E-state index contributed by atoms with van der Waals surface area (Å²) < 4.78 is 4.64. The number of hydrogen-bond acceptors (Lipinski definition) is 3. The smallest absolute Gasteiger partial charge is 0.384 e. The standard InChI is InChI=1S/C12H8ClNO2/c1-2-16-12(15)6-4-9-3-5-11(13)10(7-9)8-14/h3,5,7H,2H2,1H3. The molecular formula is C12H8ClNO2. The van der Waals surface area contributed by atoms with Crippen molar-refractivity contribution in [3.63, 3.8) is 0 Å². The number of benzene rings is 1. The van der Waals surface area contributed by atoms with Crippen molar-refractivity contribution in [3.8, 4) is 17.9 Å². The maximum atomic E-state index is 11.0. The van der Waals surface area contributed by atoms with Crippen LogP contribution in [0.15, 0.2) is 18.2 Å². The molecule has 0 atom stereocenters. The van der Waals surface area contributed by atoms with E-state index in [0.29, 0.717) is 16.1 Å². The Balaban J connectivity index is 2.91. The monoisotopic (exact) mass is 233 g/mol. The van der Waals surface area contributed by atoms with Crippen molar-refractivity contribution in [3.05, 3.63) is 34.3 Å². The molecule has 80 valence electrons. The molecule has 0 radical (unpaired) electrons. The van der Waals surface area contributed by atoms with Crippen molar-refractivity contribution in [1.29, 1.82) is 5.26 Å². The highest BCUT2D eigenvalue weighted by Crippen LogP contribution is 2.15. The van der Waals surface area contributed by atoms with Crippen LogP contribution in [0.4, 0.5) is 0 Å². The second-order valence-electron chi connectivity index (χ2n) is 2.78. The van der Waals surface area contributed by atoms with E-state index in [0.717, 1.165) is 0 Å². The van der Waals surface area contributed by atoms with Gasteiger partial charge in [0.1, 0.15) is 6.07 Å². The second-order valence-corrected chi connectivity index (χ2v) is 3.18. The van der Waals surface area contributed by atoms with Crippen LogP contribution in [0.25, 0.3) is 0 Å². The number of ether oxygens (including phenoxy) is 1. The Bertz CT molecular complexity index is 506. The quantitative estimate of drug-likeness (QED) is 0.552. The molecule has 0 saturated carbocycles. The second kappa shape index (κ2) is 5.80. The van der Waals surface area contributed by atoms with Gasteiger partial charge in [-0.15, -0.1) is 0 Å². The molecule has 0 amide bonds. The van der Waals surface area contributed by atoms with Gasteiger partial charge in [-0.2, -0.15) is 5.26 Å². The van der Waals surface area contributed by atoms with Crippen molar-refractivity contribution < 1.29 is 9.53 Å². The number of nitriles is 1. The fourth-order valence-corrected chi connectivity index (χ4v) is 1.14. The Hall–Kier alpha value is -1.97. The van der Waals surface area contributed by atoms with E-state index < -0.39 is 5.97 Å². The van der Waals surface area contributed by atoms with Gasteiger partial charge in [0.2, 0.25) is 0 Å². The highest BCUT2D eigenvalue weighted by molar-refractivity contribution is 6.31. The Morgan fingerprint density at radius 3 is 2.94 bits per heavy atom. The minimum absolute atomic E-state index is 0.289. The van der Waals surface area contributed by atoms with Crippen molar-refractivity contribution >= 4 is 17.6 Å². The van der Waals surface area contributed by atoms with E-state index >= 15 is 0 Å². The minimum Gasteiger partial charge on any atom is -0.456 e. The first-order valence-corrected chi connectivity index (χ1v) is 4.93. The lowest BCUT2D eigenvalue weighted by atomic mass is 10.1. The van der Waals surface area contributed by atoms with Crippen LogP contribution in [0.2, 0.25) is 5.02 Å². The lowest BCUT2D eigenvalue weighted by Gasteiger charge is -1.95. The fraction of sp³-hybridized carbons (Fsp3) is 0.167. The van der Waals surface area contributed by atoms with Gasteiger partial charge in [-0.25, -0.2) is 4.79 Å². The Kier molecular flexibility index (Phi) is 4.39. The largest absolute Gasteiger partial charge is 0.456 e. The molecule has 0 N–H and O–H groups in total. The Morgan fingerprint density at radius 1 is 1.56 bits per heavy atom. The number of hydrogen-bond donors (Lipinski definition) is 0. The van der Waals surface area contributed by atoms with Gasteiger partial charge < -0.3 is 4.74 Å². The molecule has 0 heterocycles. The SMILES string of the molecule is CCOC(=O)C#Cc1ccc(Cl)c(C#N)c1. The van der Waals surface area contributed by atoms with Gasteiger partial charge in [-0.1, -0.05) is 17.5 Å². The zero-order valence-corrected chi connectivity index (χ0v) is 9.34. The van der Waals surface area contributed by atoms with Crippen molar-refractivity contribution in [1.82, 2.24) is 0 Å². The third-order valence-corrected chi connectivity index (χ3v) is 2.00. The predicted molar refractivity (Wildman–Crippen MR) is 59.7 cm³/mol. The zero-order valence-electron chi connectivity index (χ0n) is 8.58. The molecule has 0 unspecified atom stereocenters. The highest BCUT2D eigenvalue weighted by Gasteiger charge is 1.99. The van der Waals surface area contributed by atoms with Gasteiger partial charge in [-0.05, 0) is 25.1 Å². The molecule has 0 fully saturated rings. The zero-order chi connectivity index (χ0) is 12.0. The minimum atomic E-state index is -0.587. The average Bonchev–Trinajstić information content (AvgIpc) is 2.28. The molecule has 0 bridgehead atoms. The third-order valence-electron chi connectivity index (χ3n) is 1.67. The molecule has 0 aromatic heterocycles. The van der Waals surface area contributed by atoms with Gasteiger partial charge in [0.25, 0.3) is 0 Å². The molecule has 1 aromatic carbocycles. The van der Waals surface area contributed by atoms with Crippen LogP contribution in [0, 0.1) is 23.2 Å². The van der Waals surface area contributed by atoms with Crippen LogP contribution in [-0.2, 0) is 9.53 Å². The van der Waals surface area contributed by atoms with E-state index in [9.17, 15) is 4.79 Å². The van der Waals surface area contributed by atoms with Crippen molar-refractivity contribution in [2.75, 3.05) is 6.61 Å². The number of esters is 1. The van der Waals surface area contributed by atoms with Crippen LogP contribution < -0.4 is 0 Å². The van der Waals surface area contributed by atoms with Gasteiger partial charge in [-0.3, -0.25) is 0 Å². The molecule has 0 aliphatic heterocycles. The van der Waals surface area contributed by atoms with Gasteiger partial charge in [0, 0.05) is 11.5 Å². The normalized spacial score (nSPS) is 8.56. The van der Waals surface area contributed by atoms with Crippen LogP contribution >= 0.6 is 11.6 Å². The van der Waals surface area contributed by atoms with Crippen LogP contribution in [0.5, 0.6) is 0 Å². The number of nitrogens with zero attached hydrogens (tertiary/aromatic N) is 1. The fourth-order valence-electron chi connectivity index (χ4n) is 0.979. The summed E-state index contributed by atoms with van der Waals surface area (Å²) in [5, 5.41) is 9.10. The van der Waals surface area contributed by atoms with E-state index in [1.165, 1.54) is 6.07 Å². The first kappa shape index (κ1) is 12.1. The molecule has 0 spiro atoms. The molecule has 4 heteroatoms. The van der Waals surface area contributed by atoms with Crippen LogP contribution in [-0.4, -0.2) is 12.6 Å². The van der Waals surface area contributed by atoms with Crippen LogP contribution in [0.1, 0.15) is 18.1 Å². The summed E-state index contributed by atoms with van der Waals surface area (Å²) in [5.41, 5.74) is 0.881. The summed E-state index contributed by atoms with van der Waals surface area (Å²) in [7, 11) is 0. The van der Waals surface area contributed by atoms with Crippen LogP contribution in [0.3, 0.4) is 0 Å². The molecule has 0 saturated heterocycles. The van der Waals surface area contributed by atoms with Gasteiger partial charge in [0.15, 0.2) is 0 Å². The molecule has 3 nitrogen and oxygen atoms in total. The van der Waals surface area contributed by atoms with E-state index in [2.05, 4.69) is 16.6 Å². The number of halogens is 1. The summed E-state index contributed by atoms with van der Waals surface area (Å²) in [5.74, 6) is 4.32. The summed E-state index contributed by atoms with van der Waals surface area (Å²) in [4.78, 5) is 11.0. The molecule has 0 aliphatic carbocycles. The van der Waals surface area contributed by atoms with E-state index in [1.54, 1.807) is 19.1 Å². The molecule has 16 heavy (non-hydrogen) atoms. The number of carbonyl (C=O) groups excluding carboxylic acids is 1. The number of carbonyl (C=O) groups is 1. The Morgan fingerprint density at radius 2 is 2.31 bits per heavy atom. The molecule has 0 aliphatic rings. The van der Waals surface area contributed by atoms with Crippen molar-refractivity contribution in [2.45, 2.75) is 6.92 Å². The summed E-state index contributed by atoms with van der Waals surface area (Å²) >= 11 is 5.75. The first-order valence-electron chi connectivity index (χ1n) is 4.55. The lowest BCUT2D eigenvalue weighted by Crippen LogP contribution is -1.99. The molecule has 1 aromatic rings. The van der Waals surface area contributed by atoms with E-state index in [4.69, 9.17) is 16.9 Å².